The molecule has 0 radical (unpaired) electrons. The molecule has 0 aliphatic rings. The van der Waals surface area contributed by atoms with Gasteiger partial charge in [-0.05, 0) is 41.3 Å². The van der Waals surface area contributed by atoms with E-state index >= 15 is 0 Å². The van der Waals surface area contributed by atoms with Gasteiger partial charge in [0, 0.05) is 18.6 Å². The van der Waals surface area contributed by atoms with Crippen molar-refractivity contribution in [2.45, 2.75) is 111 Å². The summed E-state index contributed by atoms with van der Waals surface area (Å²) >= 11 is 6.23. The van der Waals surface area contributed by atoms with Crippen molar-refractivity contribution < 1.29 is 30.7 Å². The van der Waals surface area contributed by atoms with Crippen molar-refractivity contribution in [2.75, 3.05) is 0 Å². The third-order valence-electron chi connectivity index (χ3n) is 6.30. The van der Waals surface area contributed by atoms with E-state index in [0.29, 0.717) is 0 Å². The molecule has 1 rings (SSSR count). The zero-order chi connectivity index (χ0) is 27.1. The highest BCUT2D eigenvalue weighted by molar-refractivity contribution is 7.86. The van der Waals surface area contributed by atoms with Gasteiger partial charge in [0.05, 0.1) is 0 Å². The van der Waals surface area contributed by atoms with Crippen LogP contribution in [-0.2, 0) is 16.7 Å². The average Bonchev–Trinajstić information content (AvgIpc) is 2.72. The molecule has 3 unspecified atom stereocenters. The molecule has 9 heteroatoms. The van der Waals surface area contributed by atoms with Crippen LogP contribution in [-0.4, -0.2) is 18.5 Å². The summed E-state index contributed by atoms with van der Waals surface area (Å²) in [7, 11) is -6.09. The molecule has 0 bridgehead atoms. The van der Waals surface area contributed by atoms with Gasteiger partial charge in [-0.15, -0.1) is 0 Å². The Hall–Kier alpha value is -0.860. The van der Waals surface area contributed by atoms with E-state index < -0.39 is 15.6 Å². The molecule has 0 fully saturated rings. The molecule has 1 heterocycles. The largest absolute Gasteiger partial charge is 0.741 e. The summed E-state index contributed by atoms with van der Waals surface area (Å²) in [4.78, 5) is 0. The third-order valence-corrected chi connectivity index (χ3v) is 7.21. The maximum Gasteiger partial charge on any atom is 0.485 e. The van der Waals surface area contributed by atoms with E-state index in [0.717, 1.165) is 35.4 Å². The Morgan fingerprint density at radius 1 is 0.829 bits per heavy atom. The maximum absolute atomic E-state index is 10.7. The predicted octanol–water partition coefficient (Wildman–Crippen LogP) is 8.14. The lowest BCUT2D eigenvalue weighted by Gasteiger charge is -2.16. The summed E-state index contributed by atoms with van der Waals surface area (Å²) in [6, 6.07) is 6.03. The Morgan fingerprint density at radius 2 is 1.23 bits per heavy atom. The molecular weight excluding hydrogens is 499 g/mol. The topological polar surface area (TPSA) is 61.1 Å². The Morgan fingerprint density at radius 3 is 1.60 bits per heavy atom. The summed E-state index contributed by atoms with van der Waals surface area (Å²) in [6.45, 7) is 13.0. The van der Waals surface area contributed by atoms with Gasteiger partial charge in [-0.25, -0.2) is 8.42 Å². The van der Waals surface area contributed by atoms with E-state index in [1.165, 1.54) is 64.2 Å². The second-order valence-electron chi connectivity index (χ2n) is 10.4. The normalized spacial score (nSPS) is 14.8. The fourth-order valence-electron chi connectivity index (χ4n) is 3.93. The molecule has 35 heavy (non-hydrogen) atoms. The van der Waals surface area contributed by atoms with Crippen molar-refractivity contribution in [1.82, 2.24) is 0 Å². The number of pyridine rings is 1. The van der Waals surface area contributed by atoms with Crippen molar-refractivity contribution in [3.63, 3.8) is 0 Å². The van der Waals surface area contributed by atoms with Crippen LogP contribution in [0.5, 0.6) is 0 Å². The zero-order valence-corrected chi connectivity index (χ0v) is 23.6. The fraction of sp³-hybridized carbons (Fsp3) is 0.808. The lowest BCUT2D eigenvalue weighted by Crippen LogP contribution is -2.35. The van der Waals surface area contributed by atoms with Crippen LogP contribution >= 0.6 is 11.6 Å². The first kappa shape index (κ1) is 34.1. The smallest absolute Gasteiger partial charge is 0.485 e. The van der Waals surface area contributed by atoms with Crippen molar-refractivity contribution in [3.8, 4) is 0 Å². The Kier molecular flexibility index (Phi) is 17.1. The summed E-state index contributed by atoms with van der Waals surface area (Å²) < 4.78 is 61.1. The number of aromatic nitrogens is 1. The average molecular weight is 544 g/mol. The van der Waals surface area contributed by atoms with Crippen LogP contribution in [0.2, 0.25) is 5.15 Å². The number of aryl methyl sites for hydroxylation is 1. The zero-order valence-electron chi connectivity index (χ0n) is 22.0. The highest BCUT2D eigenvalue weighted by Gasteiger charge is 2.36. The van der Waals surface area contributed by atoms with Crippen molar-refractivity contribution in [2.24, 2.45) is 23.7 Å². The molecule has 0 spiro atoms. The number of hydrogen-bond acceptors (Lipinski definition) is 3. The first-order chi connectivity index (χ1) is 16.1. The van der Waals surface area contributed by atoms with Crippen molar-refractivity contribution >= 4 is 21.7 Å². The first-order valence-electron chi connectivity index (χ1n) is 12.8. The van der Waals surface area contributed by atoms with Crippen molar-refractivity contribution in [3.05, 3.63) is 29.5 Å². The summed E-state index contributed by atoms with van der Waals surface area (Å²) in [5.74, 6) is 3.45. The van der Waals surface area contributed by atoms with Crippen LogP contribution in [0, 0.1) is 23.7 Å². The first-order valence-corrected chi connectivity index (χ1v) is 14.6. The SMILES string of the molecule is CC(C)CCCC(C)CCCC(C)CCCC(C)CC[n+]1ccccc1Cl.O=S(=O)([O-])C(F)(F)F. The van der Waals surface area contributed by atoms with Gasteiger partial charge < -0.3 is 4.55 Å². The number of hydrogen-bond donors (Lipinski definition) is 0. The van der Waals surface area contributed by atoms with E-state index in [1.807, 2.05) is 12.1 Å². The molecule has 0 saturated carbocycles. The lowest BCUT2D eigenvalue weighted by molar-refractivity contribution is -0.695. The Labute approximate surface area is 216 Å². The van der Waals surface area contributed by atoms with Gasteiger partial charge in [-0.3, -0.25) is 0 Å². The van der Waals surface area contributed by atoms with E-state index in [2.05, 4.69) is 51.4 Å². The van der Waals surface area contributed by atoms with E-state index in [1.54, 1.807) is 0 Å². The molecule has 0 saturated heterocycles. The summed E-state index contributed by atoms with van der Waals surface area (Å²) in [5, 5.41) is 0.844. The van der Waals surface area contributed by atoms with Crippen LogP contribution in [0.4, 0.5) is 13.2 Å². The van der Waals surface area contributed by atoms with Gasteiger partial charge in [0.1, 0.15) is 6.54 Å². The molecule has 0 N–H and O–H groups in total. The standard InChI is InChI=1S/C25H45ClN.CHF3O3S/c1-21(2)11-8-12-22(3)13-9-14-23(4)15-10-16-24(5)18-20-27-19-7-6-17-25(27)26;2-1(3,4)8(5,6)7/h6-7,17,19,21-24H,8-16,18,20H2,1-5H3;(H,5,6,7)/q+1;/p-1. The molecule has 4 nitrogen and oxygen atoms in total. The Bertz CT molecular complexity index is 788. The second-order valence-corrected chi connectivity index (χ2v) is 12.2. The van der Waals surface area contributed by atoms with Gasteiger partial charge in [0.25, 0.3) is 5.15 Å². The molecule has 206 valence electrons. The maximum atomic E-state index is 10.7. The van der Waals surface area contributed by atoms with E-state index in [-0.39, 0.29) is 0 Å². The van der Waals surface area contributed by atoms with Crippen LogP contribution in [0.1, 0.15) is 98.8 Å². The molecule has 1 aromatic heterocycles. The van der Waals surface area contributed by atoms with Gasteiger partial charge >= 0.3 is 5.51 Å². The predicted molar refractivity (Wildman–Crippen MR) is 136 cm³/mol. The molecule has 0 amide bonds. The minimum absolute atomic E-state index is 0.780. The van der Waals surface area contributed by atoms with E-state index in [4.69, 9.17) is 24.6 Å². The monoisotopic (exact) mass is 543 g/mol. The minimum Gasteiger partial charge on any atom is -0.741 e. The molecule has 0 aliphatic heterocycles. The van der Waals surface area contributed by atoms with Crippen LogP contribution in [0.3, 0.4) is 0 Å². The highest BCUT2D eigenvalue weighted by Crippen LogP contribution is 2.23. The minimum atomic E-state index is -6.09. The van der Waals surface area contributed by atoms with Gasteiger partial charge in [0.2, 0.25) is 0 Å². The quantitative estimate of drug-likeness (QED) is 0.0970. The van der Waals surface area contributed by atoms with Crippen LogP contribution < -0.4 is 4.57 Å². The van der Waals surface area contributed by atoms with Gasteiger partial charge in [0.15, 0.2) is 16.3 Å². The molecule has 1 aromatic rings. The van der Waals surface area contributed by atoms with Crippen LogP contribution in [0.25, 0.3) is 0 Å². The third kappa shape index (κ3) is 18.1. The Balaban J connectivity index is 0.00000124. The number of nitrogens with zero attached hydrogens (tertiary/aromatic N) is 1. The molecule has 0 aliphatic carbocycles. The number of rotatable bonds is 15. The lowest BCUT2D eigenvalue weighted by atomic mass is 9.91. The van der Waals surface area contributed by atoms with Gasteiger partial charge in [-0.1, -0.05) is 92.4 Å². The summed E-state index contributed by atoms with van der Waals surface area (Å²) in [6.07, 6.45) is 15.9. The number of alkyl halides is 3. The second kappa shape index (κ2) is 17.6. The molecular formula is C26H45ClF3NO3S. The number of halogens is 4. The molecule has 0 aromatic carbocycles. The van der Waals surface area contributed by atoms with Crippen LogP contribution in [0.15, 0.2) is 24.4 Å². The highest BCUT2D eigenvalue weighted by atomic mass is 35.5. The fourth-order valence-corrected chi connectivity index (χ4v) is 4.15. The summed E-state index contributed by atoms with van der Waals surface area (Å²) in [5.41, 5.74) is -5.65. The van der Waals surface area contributed by atoms with E-state index in [9.17, 15) is 13.2 Å². The molecule has 3 atom stereocenters. The van der Waals surface area contributed by atoms with Crippen molar-refractivity contribution in [1.29, 1.82) is 0 Å². The van der Waals surface area contributed by atoms with Gasteiger partial charge in [-0.2, -0.15) is 17.7 Å².